The van der Waals surface area contributed by atoms with Crippen LogP contribution in [0, 0.1) is 0 Å². The normalized spacial score (nSPS) is 11.8. The molecule has 0 bridgehead atoms. The zero-order valence-electron chi connectivity index (χ0n) is 23.4. The van der Waals surface area contributed by atoms with E-state index < -0.39 is 28.5 Å². The highest BCUT2D eigenvalue weighted by molar-refractivity contribution is 7.92. The third-order valence-corrected chi connectivity index (χ3v) is 8.06. The van der Waals surface area contributed by atoms with Gasteiger partial charge in [-0.1, -0.05) is 37.3 Å². The van der Waals surface area contributed by atoms with Crippen molar-refractivity contribution in [3.63, 3.8) is 0 Å². The number of nitrogens with zero attached hydrogens (tertiary/aromatic N) is 2. The molecule has 3 rings (SSSR count). The second-order valence-electron chi connectivity index (χ2n) is 8.94. The summed E-state index contributed by atoms with van der Waals surface area (Å²) in [6, 6.07) is 20.9. The smallest absolute Gasteiger partial charge is 0.264 e. The van der Waals surface area contributed by atoms with E-state index >= 15 is 0 Å². The molecule has 0 aromatic heterocycles. The third kappa shape index (κ3) is 7.53. The number of anilines is 1. The molecular weight excluding hydrogens is 530 g/mol. The van der Waals surface area contributed by atoms with Crippen molar-refractivity contribution in [2.45, 2.75) is 44.7 Å². The minimum Gasteiger partial charge on any atom is -0.497 e. The van der Waals surface area contributed by atoms with E-state index in [1.807, 2.05) is 19.9 Å². The Hall–Kier alpha value is -4.05. The van der Waals surface area contributed by atoms with Gasteiger partial charge in [-0.3, -0.25) is 13.9 Å². The Morgan fingerprint density at radius 3 is 2.20 bits per heavy atom. The minimum atomic E-state index is -4.15. The lowest BCUT2D eigenvalue weighted by Gasteiger charge is -2.33. The fourth-order valence-corrected chi connectivity index (χ4v) is 5.72. The van der Waals surface area contributed by atoms with E-state index in [2.05, 4.69) is 5.32 Å². The average Bonchev–Trinajstić information content (AvgIpc) is 2.96. The molecule has 0 fully saturated rings. The molecule has 0 spiro atoms. The van der Waals surface area contributed by atoms with E-state index in [1.54, 1.807) is 74.7 Å². The topological polar surface area (TPSA) is 105 Å². The maximum absolute atomic E-state index is 14.0. The fraction of sp³-hybridized carbons (Fsp3) is 0.333. The van der Waals surface area contributed by atoms with E-state index in [0.717, 1.165) is 9.87 Å². The summed E-state index contributed by atoms with van der Waals surface area (Å²) >= 11 is 0. The highest BCUT2D eigenvalue weighted by atomic mass is 32.2. The second-order valence-corrected chi connectivity index (χ2v) is 10.8. The minimum absolute atomic E-state index is 0.0164. The van der Waals surface area contributed by atoms with Crippen LogP contribution < -0.4 is 19.1 Å². The first kappa shape index (κ1) is 30.5. The van der Waals surface area contributed by atoms with Crippen LogP contribution in [0.15, 0.2) is 83.8 Å². The van der Waals surface area contributed by atoms with E-state index in [1.165, 1.54) is 17.0 Å². The quantitative estimate of drug-likeness (QED) is 0.313. The SMILES string of the molecule is CCNC(=O)[C@@H](CC)N(Cc1cccc(OC)c1)C(=O)CN(c1ccccc1)S(=O)(=O)c1ccc(OCC)cc1. The van der Waals surface area contributed by atoms with Crippen LogP contribution in [0.2, 0.25) is 0 Å². The summed E-state index contributed by atoms with van der Waals surface area (Å²) in [6.45, 7) is 5.91. The number of amides is 2. The van der Waals surface area contributed by atoms with Crippen LogP contribution in [0.4, 0.5) is 5.69 Å². The Bertz CT molecular complexity index is 1360. The van der Waals surface area contributed by atoms with Gasteiger partial charge in [-0.05, 0) is 74.4 Å². The molecule has 0 radical (unpaired) electrons. The largest absolute Gasteiger partial charge is 0.497 e. The Kier molecular flexibility index (Phi) is 11.0. The van der Waals surface area contributed by atoms with E-state index in [0.29, 0.717) is 36.8 Å². The zero-order valence-corrected chi connectivity index (χ0v) is 24.2. The Balaban J connectivity index is 2.03. The number of nitrogens with one attached hydrogen (secondary N) is 1. The molecule has 10 heteroatoms. The highest BCUT2D eigenvalue weighted by Crippen LogP contribution is 2.26. The van der Waals surface area contributed by atoms with Crippen molar-refractivity contribution in [1.29, 1.82) is 0 Å². The van der Waals surface area contributed by atoms with Crippen LogP contribution >= 0.6 is 0 Å². The summed E-state index contributed by atoms with van der Waals surface area (Å²) in [6.07, 6.45) is 0.346. The van der Waals surface area contributed by atoms with Gasteiger partial charge in [-0.25, -0.2) is 8.42 Å². The van der Waals surface area contributed by atoms with Crippen molar-refractivity contribution in [1.82, 2.24) is 10.2 Å². The number of para-hydroxylation sites is 1. The van der Waals surface area contributed by atoms with Gasteiger partial charge in [0.25, 0.3) is 10.0 Å². The number of rotatable bonds is 14. The molecule has 0 unspecified atom stereocenters. The van der Waals surface area contributed by atoms with Gasteiger partial charge in [-0.2, -0.15) is 0 Å². The predicted molar refractivity (Wildman–Crippen MR) is 155 cm³/mol. The van der Waals surface area contributed by atoms with E-state index in [4.69, 9.17) is 9.47 Å². The monoisotopic (exact) mass is 567 g/mol. The summed E-state index contributed by atoms with van der Waals surface area (Å²) in [4.78, 5) is 28.5. The molecule has 0 aliphatic carbocycles. The van der Waals surface area contributed by atoms with Gasteiger partial charge in [0.15, 0.2) is 0 Å². The van der Waals surface area contributed by atoms with Crippen molar-refractivity contribution in [2.75, 3.05) is 31.1 Å². The van der Waals surface area contributed by atoms with E-state index in [9.17, 15) is 18.0 Å². The molecule has 3 aromatic carbocycles. The molecule has 1 N–H and O–H groups in total. The van der Waals surface area contributed by atoms with Gasteiger partial charge < -0.3 is 19.7 Å². The van der Waals surface area contributed by atoms with Crippen molar-refractivity contribution in [3.05, 3.63) is 84.4 Å². The number of likely N-dealkylation sites (N-methyl/N-ethyl adjacent to an activating group) is 1. The molecule has 0 saturated heterocycles. The van der Waals surface area contributed by atoms with Gasteiger partial charge in [0.1, 0.15) is 24.1 Å². The average molecular weight is 568 g/mol. The molecule has 1 atom stereocenters. The Morgan fingerprint density at radius 1 is 0.900 bits per heavy atom. The molecule has 0 saturated carbocycles. The standard InChI is InChI=1S/C30H37N3O6S/c1-5-28(30(35)31-6-2)32(21-23-12-11-15-26(20-23)38-4)29(34)22-33(24-13-9-8-10-14-24)40(36,37)27-18-16-25(17-19-27)39-7-3/h8-20,28H,5-7,21-22H2,1-4H3,(H,31,35)/t28-/m1/s1. The molecule has 0 aliphatic rings. The Morgan fingerprint density at radius 2 is 1.60 bits per heavy atom. The number of benzene rings is 3. The van der Waals surface area contributed by atoms with Crippen molar-refractivity contribution < 1.29 is 27.5 Å². The number of hydrogen-bond donors (Lipinski definition) is 1. The van der Waals surface area contributed by atoms with Crippen LogP contribution in [0.25, 0.3) is 0 Å². The number of sulfonamides is 1. The van der Waals surface area contributed by atoms with Crippen LogP contribution in [0.5, 0.6) is 11.5 Å². The number of carbonyl (C=O) groups is 2. The fourth-order valence-electron chi connectivity index (χ4n) is 4.30. The van der Waals surface area contributed by atoms with Gasteiger partial charge in [0, 0.05) is 13.1 Å². The zero-order chi connectivity index (χ0) is 29.1. The first-order valence-electron chi connectivity index (χ1n) is 13.3. The van der Waals surface area contributed by atoms with Gasteiger partial charge in [0.05, 0.1) is 24.3 Å². The first-order chi connectivity index (χ1) is 19.2. The second kappa shape index (κ2) is 14.4. The molecule has 9 nitrogen and oxygen atoms in total. The van der Waals surface area contributed by atoms with Crippen molar-refractivity contribution in [3.8, 4) is 11.5 Å². The van der Waals surface area contributed by atoms with Crippen LogP contribution in [-0.2, 0) is 26.2 Å². The maximum atomic E-state index is 14.0. The van der Waals surface area contributed by atoms with E-state index in [-0.39, 0.29) is 17.3 Å². The number of methoxy groups -OCH3 is 1. The van der Waals surface area contributed by atoms with Crippen LogP contribution in [0.1, 0.15) is 32.8 Å². The summed E-state index contributed by atoms with van der Waals surface area (Å²) in [7, 11) is -2.60. The van der Waals surface area contributed by atoms with Gasteiger partial charge in [0.2, 0.25) is 11.8 Å². The predicted octanol–water partition coefficient (Wildman–Crippen LogP) is 4.23. The lowest BCUT2D eigenvalue weighted by Crippen LogP contribution is -2.52. The number of ether oxygens (including phenoxy) is 2. The molecule has 0 heterocycles. The molecule has 214 valence electrons. The molecular formula is C30H37N3O6S. The van der Waals surface area contributed by atoms with Gasteiger partial charge in [-0.15, -0.1) is 0 Å². The van der Waals surface area contributed by atoms with Gasteiger partial charge >= 0.3 is 0 Å². The molecule has 0 aliphatic heterocycles. The number of carbonyl (C=O) groups excluding carboxylic acids is 2. The summed E-state index contributed by atoms with van der Waals surface area (Å²) < 4.78 is 39.7. The molecule has 2 amide bonds. The van der Waals surface area contributed by atoms with Crippen LogP contribution in [0.3, 0.4) is 0 Å². The third-order valence-electron chi connectivity index (χ3n) is 6.27. The lowest BCUT2D eigenvalue weighted by atomic mass is 10.1. The first-order valence-corrected chi connectivity index (χ1v) is 14.7. The Labute approximate surface area is 236 Å². The summed E-state index contributed by atoms with van der Waals surface area (Å²) in [5.41, 5.74) is 1.08. The number of hydrogen-bond acceptors (Lipinski definition) is 6. The lowest BCUT2D eigenvalue weighted by molar-refractivity contribution is -0.140. The summed E-state index contributed by atoms with van der Waals surface area (Å²) in [5, 5.41) is 2.80. The summed E-state index contributed by atoms with van der Waals surface area (Å²) in [5.74, 6) is 0.335. The van der Waals surface area contributed by atoms with Crippen molar-refractivity contribution in [2.24, 2.45) is 0 Å². The molecule has 40 heavy (non-hydrogen) atoms. The van der Waals surface area contributed by atoms with Crippen LogP contribution in [-0.4, -0.2) is 58.0 Å². The highest BCUT2D eigenvalue weighted by Gasteiger charge is 2.33. The molecule has 3 aromatic rings. The van der Waals surface area contributed by atoms with Crippen molar-refractivity contribution >= 4 is 27.5 Å². The maximum Gasteiger partial charge on any atom is 0.264 e.